The van der Waals surface area contributed by atoms with Gasteiger partial charge < -0.3 is 15.0 Å². The highest BCUT2D eigenvalue weighted by atomic mass is 35.5. The third kappa shape index (κ3) is 5.61. The van der Waals surface area contributed by atoms with Crippen molar-refractivity contribution in [3.8, 4) is 0 Å². The van der Waals surface area contributed by atoms with Crippen LogP contribution < -0.4 is 5.32 Å². The first-order valence-corrected chi connectivity index (χ1v) is 6.34. The van der Waals surface area contributed by atoms with Gasteiger partial charge in [-0.15, -0.1) is 0 Å². The third-order valence-corrected chi connectivity index (χ3v) is 2.65. The molecule has 19 heavy (non-hydrogen) atoms. The summed E-state index contributed by atoms with van der Waals surface area (Å²) in [5.41, 5.74) is 0.650. The second-order valence-corrected chi connectivity index (χ2v) is 4.35. The number of nitrogens with zero attached hydrogens (tertiary/aromatic N) is 1. The maximum absolute atomic E-state index is 11.8. The van der Waals surface area contributed by atoms with Crippen LogP contribution in [-0.2, 0) is 9.53 Å². The second kappa shape index (κ2) is 7.63. The van der Waals surface area contributed by atoms with Crippen LogP contribution >= 0.6 is 11.6 Å². The van der Waals surface area contributed by atoms with E-state index in [1.54, 1.807) is 38.2 Å². The minimum atomic E-state index is -0.311. The molecule has 1 N–H and O–H groups in total. The largest absolute Gasteiger partial charge is 0.466 e. The fourth-order valence-corrected chi connectivity index (χ4v) is 1.47. The summed E-state index contributed by atoms with van der Waals surface area (Å²) in [6, 6.07) is 6.51. The predicted octanol–water partition coefficient (Wildman–Crippen LogP) is 2.76. The van der Waals surface area contributed by atoms with Crippen molar-refractivity contribution < 1.29 is 14.3 Å². The van der Waals surface area contributed by atoms with Crippen molar-refractivity contribution in [1.29, 1.82) is 0 Å². The van der Waals surface area contributed by atoms with E-state index >= 15 is 0 Å². The van der Waals surface area contributed by atoms with Gasteiger partial charge in [0.15, 0.2) is 0 Å². The van der Waals surface area contributed by atoms with Crippen molar-refractivity contribution in [2.75, 3.05) is 25.5 Å². The van der Waals surface area contributed by atoms with Gasteiger partial charge in [-0.3, -0.25) is 4.79 Å². The maximum atomic E-state index is 11.8. The molecule has 1 aromatic rings. The zero-order chi connectivity index (χ0) is 14.3. The quantitative estimate of drug-likeness (QED) is 0.846. The number of rotatable bonds is 5. The Hall–Kier alpha value is -1.75. The summed E-state index contributed by atoms with van der Waals surface area (Å²) in [5.74, 6) is -0.311. The Labute approximate surface area is 117 Å². The summed E-state index contributed by atoms with van der Waals surface area (Å²) in [6.45, 7) is 2.40. The molecule has 0 aliphatic carbocycles. The molecular weight excluding hydrogens is 268 g/mol. The number of anilines is 1. The Morgan fingerprint density at radius 3 is 2.53 bits per heavy atom. The van der Waals surface area contributed by atoms with Crippen molar-refractivity contribution in [1.82, 2.24) is 4.90 Å². The van der Waals surface area contributed by atoms with Crippen molar-refractivity contribution in [3.63, 3.8) is 0 Å². The van der Waals surface area contributed by atoms with Crippen LogP contribution in [0.2, 0.25) is 5.02 Å². The van der Waals surface area contributed by atoms with Gasteiger partial charge in [-0.25, -0.2) is 4.79 Å². The molecule has 0 atom stereocenters. The molecule has 104 valence electrons. The molecule has 5 nitrogen and oxygen atoms in total. The number of carbonyl (C=O) groups excluding carboxylic acids is 2. The van der Waals surface area contributed by atoms with Crippen LogP contribution in [0.5, 0.6) is 0 Å². The van der Waals surface area contributed by atoms with E-state index in [9.17, 15) is 9.59 Å². The Morgan fingerprint density at radius 1 is 1.32 bits per heavy atom. The third-order valence-electron chi connectivity index (χ3n) is 2.40. The minimum absolute atomic E-state index is 0.179. The van der Waals surface area contributed by atoms with E-state index in [4.69, 9.17) is 16.3 Å². The smallest absolute Gasteiger partial charge is 0.321 e. The van der Waals surface area contributed by atoms with Crippen LogP contribution in [-0.4, -0.2) is 37.1 Å². The SMILES string of the molecule is CCOC(=O)CCN(C)C(=O)Nc1ccc(Cl)cc1. The van der Waals surface area contributed by atoms with E-state index in [-0.39, 0.29) is 18.4 Å². The lowest BCUT2D eigenvalue weighted by molar-refractivity contribution is -0.143. The predicted molar refractivity (Wildman–Crippen MR) is 74.4 cm³/mol. The van der Waals surface area contributed by atoms with E-state index < -0.39 is 0 Å². The summed E-state index contributed by atoms with van der Waals surface area (Å²) in [4.78, 5) is 24.4. The molecule has 0 unspecified atom stereocenters. The number of amides is 2. The van der Waals surface area contributed by atoms with Gasteiger partial charge in [0.1, 0.15) is 0 Å². The lowest BCUT2D eigenvalue weighted by atomic mass is 10.3. The van der Waals surface area contributed by atoms with Gasteiger partial charge in [0.2, 0.25) is 0 Å². The summed E-state index contributed by atoms with van der Waals surface area (Å²) in [6.07, 6.45) is 0.179. The average Bonchev–Trinajstić information content (AvgIpc) is 2.39. The van der Waals surface area contributed by atoms with Crippen LogP contribution in [0, 0.1) is 0 Å². The first-order chi connectivity index (χ1) is 9.02. The normalized spacial score (nSPS) is 9.84. The number of hydrogen-bond acceptors (Lipinski definition) is 3. The van der Waals surface area contributed by atoms with E-state index in [0.717, 1.165) is 0 Å². The zero-order valence-corrected chi connectivity index (χ0v) is 11.7. The minimum Gasteiger partial charge on any atom is -0.466 e. The van der Waals surface area contributed by atoms with Gasteiger partial charge in [0.05, 0.1) is 13.0 Å². The molecule has 0 spiro atoms. The number of carbonyl (C=O) groups is 2. The van der Waals surface area contributed by atoms with Crippen LogP contribution in [0.3, 0.4) is 0 Å². The van der Waals surface area contributed by atoms with E-state index in [1.807, 2.05) is 0 Å². The van der Waals surface area contributed by atoms with Gasteiger partial charge in [0, 0.05) is 24.3 Å². The number of halogens is 1. The van der Waals surface area contributed by atoms with Gasteiger partial charge in [-0.2, -0.15) is 0 Å². The van der Waals surface area contributed by atoms with Crippen LogP contribution in [0.25, 0.3) is 0 Å². The lowest BCUT2D eigenvalue weighted by Crippen LogP contribution is -2.33. The van der Waals surface area contributed by atoms with E-state index in [0.29, 0.717) is 23.9 Å². The Balaban J connectivity index is 2.40. The summed E-state index contributed by atoms with van der Waals surface area (Å²) in [5, 5.41) is 3.31. The Morgan fingerprint density at radius 2 is 1.95 bits per heavy atom. The fourth-order valence-electron chi connectivity index (χ4n) is 1.35. The number of hydrogen-bond donors (Lipinski definition) is 1. The number of esters is 1. The highest BCUT2D eigenvalue weighted by molar-refractivity contribution is 6.30. The van der Waals surface area contributed by atoms with Crippen LogP contribution in [0.15, 0.2) is 24.3 Å². The molecule has 6 heteroatoms. The standard InChI is InChI=1S/C13H17ClN2O3/c1-3-19-12(17)8-9-16(2)13(18)15-11-6-4-10(14)5-7-11/h4-7H,3,8-9H2,1-2H3,(H,15,18). The van der Waals surface area contributed by atoms with Crippen LogP contribution in [0.1, 0.15) is 13.3 Å². The highest BCUT2D eigenvalue weighted by Gasteiger charge is 2.11. The molecule has 0 bridgehead atoms. The molecule has 0 radical (unpaired) electrons. The number of urea groups is 1. The molecular formula is C13H17ClN2O3. The van der Waals surface area contributed by atoms with Crippen molar-refractivity contribution >= 4 is 29.3 Å². The fraction of sp³-hybridized carbons (Fsp3) is 0.385. The molecule has 0 aliphatic heterocycles. The molecule has 1 aromatic carbocycles. The van der Waals surface area contributed by atoms with E-state index in [1.165, 1.54) is 4.90 Å². The molecule has 0 aromatic heterocycles. The topological polar surface area (TPSA) is 58.6 Å². The van der Waals surface area contributed by atoms with Crippen molar-refractivity contribution in [2.45, 2.75) is 13.3 Å². The van der Waals surface area contributed by atoms with Crippen molar-refractivity contribution in [3.05, 3.63) is 29.3 Å². The lowest BCUT2D eigenvalue weighted by Gasteiger charge is -2.17. The first kappa shape index (κ1) is 15.3. The zero-order valence-electron chi connectivity index (χ0n) is 11.0. The van der Waals surface area contributed by atoms with Gasteiger partial charge in [-0.05, 0) is 31.2 Å². The maximum Gasteiger partial charge on any atom is 0.321 e. The summed E-state index contributed by atoms with van der Waals surface area (Å²) in [7, 11) is 1.62. The Kier molecular flexibility index (Phi) is 6.15. The molecule has 0 fully saturated rings. The average molecular weight is 285 g/mol. The molecule has 0 aliphatic rings. The number of benzene rings is 1. The Bertz CT molecular complexity index is 434. The first-order valence-electron chi connectivity index (χ1n) is 5.96. The van der Waals surface area contributed by atoms with Gasteiger partial charge in [-0.1, -0.05) is 11.6 Å². The highest BCUT2D eigenvalue weighted by Crippen LogP contribution is 2.13. The number of nitrogens with one attached hydrogen (secondary N) is 1. The summed E-state index contributed by atoms with van der Waals surface area (Å²) < 4.78 is 4.79. The molecule has 0 saturated heterocycles. The monoisotopic (exact) mass is 284 g/mol. The molecule has 0 heterocycles. The van der Waals surface area contributed by atoms with Gasteiger partial charge in [0.25, 0.3) is 0 Å². The summed E-state index contributed by atoms with van der Waals surface area (Å²) >= 11 is 5.75. The van der Waals surface area contributed by atoms with Gasteiger partial charge >= 0.3 is 12.0 Å². The molecule has 1 rings (SSSR count). The van der Waals surface area contributed by atoms with Crippen LogP contribution in [0.4, 0.5) is 10.5 Å². The van der Waals surface area contributed by atoms with Crippen molar-refractivity contribution in [2.24, 2.45) is 0 Å². The van der Waals surface area contributed by atoms with E-state index in [2.05, 4.69) is 5.32 Å². The number of ether oxygens (including phenoxy) is 1. The molecule has 0 saturated carbocycles. The molecule has 2 amide bonds. The second-order valence-electron chi connectivity index (χ2n) is 3.91.